The van der Waals surface area contributed by atoms with E-state index in [0.717, 1.165) is 23.7 Å². The minimum atomic E-state index is -0.247. The minimum Gasteiger partial charge on any atom is -0.468 e. The molecule has 0 saturated carbocycles. The van der Waals surface area contributed by atoms with Gasteiger partial charge < -0.3 is 4.42 Å². The molecule has 0 aliphatic rings. The van der Waals surface area contributed by atoms with Crippen molar-refractivity contribution < 1.29 is 4.42 Å². The average Bonchev–Trinajstić information content (AvgIpc) is 3.45. The van der Waals surface area contributed by atoms with Crippen LogP contribution in [0.15, 0.2) is 64.9 Å². The molecule has 29 heavy (non-hydrogen) atoms. The highest BCUT2D eigenvalue weighted by atomic mass is 32.1. The van der Waals surface area contributed by atoms with Crippen molar-refractivity contribution in [1.82, 2.24) is 30.1 Å². The molecule has 1 unspecified atom stereocenters. The fourth-order valence-electron chi connectivity index (χ4n) is 3.36. The number of furan rings is 1. The number of aromatic nitrogens is 5. The largest absolute Gasteiger partial charge is 0.468 e. The van der Waals surface area contributed by atoms with E-state index in [0.29, 0.717) is 6.54 Å². The molecule has 4 aromatic rings. The van der Waals surface area contributed by atoms with E-state index < -0.39 is 0 Å². The lowest BCUT2D eigenvalue weighted by Gasteiger charge is -2.32. The van der Waals surface area contributed by atoms with Gasteiger partial charge in [0.15, 0.2) is 5.82 Å². The maximum Gasteiger partial charge on any atom is 0.173 e. The first-order chi connectivity index (χ1) is 14.0. The molecule has 0 saturated heterocycles. The van der Waals surface area contributed by atoms with Crippen molar-refractivity contribution in [3.63, 3.8) is 0 Å². The Morgan fingerprint density at radius 1 is 1.10 bits per heavy atom. The van der Waals surface area contributed by atoms with Crippen LogP contribution in [0.3, 0.4) is 0 Å². The summed E-state index contributed by atoms with van der Waals surface area (Å²) in [4.78, 5) is 7.81. The second-order valence-electron chi connectivity index (χ2n) is 7.87. The topological polar surface area (TPSA) is 72.9 Å². The zero-order valence-corrected chi connectivity index (χ0v) is 17.6. The Hall–Kier alpha value is -2.84. The Kier molecular flexibility index (Phi) is 5.55. The summed E-state index contributed by atoms with van der Waals surface area (Å²) in [6.07, 6.45) is 5.33. The third-order valence-electron chi connectivity index (χ3n) is 4.64. The molecule has 7 nitrogen and oxygen atoms in total. The third kappa shape index (κ3) is 4.44. The van der Waals surface area contributed by atoms with Crippen LogP contribution in [0.1, 0.15) is 48.8 Å². The van der Waals surface area contributed by atoms with Gasteiger partial charge in [-0.1, -0.05) is 6.07 Å². The quantitative estimate of drug-likeness (QED) is 0.455. The summed E-state index contributed by atoms with van der Waals surface area (Å²) in [6, 6.07) is 12.0. The van der Waals surface area contributed by atoms with Crippen molar-refractivity contribution in [2.45, 2.75) is 45.4 Å². The maximum atomic E-state index is 5.68. The van der Waals surface area contributed by atoms with Gasteiger partial charge in [0.2, 0.25) is 0 Å². The van der Waals surface area contributed by atoms with Crippen molar-refractivity contribution in [2.75, 3.05) is 0 Å². The van der Waals surface area contributed by atoms with Crippen LogP contribution in [-0.2, 0) is 18.6 Å². The molecule has 0 aromatic carbocycles. The van der Waals surface area contributed by atoms with Crippen LogP contribution in [0.5, 0.6) is 0 Å². The number of hydrogen-bond donors (Lipinski definition) is 0. The van der Waals surface area contributed by atoms with Gasteiger partial charge in [0.25, 0.3) is 0 Å². The van der Waals surface area contributed by atoms with Crippen molar-refractivity contribution in [3.8, 4) is 0 Å². The lowest BCUT2D eigenvalue weighted by atomic mass is 10.0. The van der Waals surface area contributed by atoms with Gasteiger partial charge in [-0.15, -0.1) is 16.4 Å². The fraction of sp³-hybridized carbons (Fsp3) is 0.333. The highest BCUT2D eigenvalue weighted by molar-refractivity contribution is 7.09. The molecule has 0 fully saturated rings. The predicted molar refractivity (Wildman–Crippen MR) is 111 cm³/mol. The second-order valence-corrected chi connectivity index (χ2v) is 8.90. The maximum absolute atomic E-state index is 5.68. The third-order valence-corrected chi connectivity index (χ3v) is 5.50. The van der Waals surface area contributed by atoms with E-state index in [1.165, 1.54) is 4.88 Å². The number of nitrogens with zero attached hydrogens (tertiary/aromatic N) is 6. The monoisotopic (exact) mass is 408 g/mol. The Labute approximate surface area is 174 Å². The first kappa shape index (κ1) is 19.5. The lowest BCUT2D eigenvalue weighted by Crippen LogP contribution is -2.34. The van der Waals surface area contributed by atoms with Crippen molar-refractivity contribution in [1.29, 1.82) is 0 Å². The van der Waals surface area contributed by atoms with E-state index in [4.69, 9.17) is 4.42 Å². The van der Waals surface area contributed by atoms with E-state index in [1.807, 2.05) is 41.3 Å². The van der Waals surface area contributed by atoms with Crippen LogP contribution in [0.4, 0.5) is 0 Å². The van der Waals surface area contributed by atoms with E-state index >= 15 is 0 Å². The Morgan fingerprint density at radius 2 is 1.93 bits per heavy atom. The Bertz CT molecular complexity index is 969. The predicted octanol–water partition coefficient (Wildman–Crippen LogP) is 4.27. The summed E-state index contributed by atoms with van der Waals surface area (Å²) in [5.74, 6) is 1.70. The van der Waals surface area contributed by atoms with Gasteiger partial charge in [0.05, 0.1) is 24.4 Å². The summed E-state index contributed by atoms with van der Waals surface area (Å²) in [5.41, 5.74) is 0.840. The van der Waals surface area contributed by atoms with Crippen LogP contribution in [0.25, 0.3) is 0 Å². The van der Waals surface area contributed by atoms with Crippen LogP contribution in [0.2, 0.25) is 0 Å². The van der Waals surface area contributed by atoms with Gasteiger partial charge in [0.1, 0.15) is 5.76 Å². The van der Waals surface area contributed by atoms with Crippen LogP contribution < -0.4 is 0 Å². The van der Waals surface area contributed by atoms with Crippen molar-refractivity contribution in [3.05, 3.63) is 82.5 Å². The first-order valence-corrected chi connectivity index (χ1v) is 10.4. The van der Waals surface area contributed by atoms with Gasteiger partial charge in [-0.2, -0.15) is 0 Å². The van der Waals surface area contributed by atoms with Gasteiger partial charge in [-0.3, -0.25) is 9.88 Å². The zero-order chi connectivity index (χ0) is 20.3. The normalized spacial score (nSPS) is 13.1. The molecule has 0 bridgehead atoms. The second kappa shape index (κ2) is 8.26. The van der Waals surface area contributed by atoms with Crippen LogP contribution >= 0.6 is 11.3 Å². The number of pyridine rings is 1. The molecule has 8 heteroatoms. The van der Waals surface area contributed by atoms with Gasteiger partial charge >= 0.3 is 0 Å². The molecule has 0 aliphatic heterocycles. The summed E-state index contributed by atoms with van der Waals surface area (Å²) in [7, 11) is 0. The molecule has 4 aromatic heterocycles. The molecule has 0 N–H and O–H groups in total. The molecular formula is C21H24N6OS. The van der Waals surface area contributed by atoms with Crippen molar-refractivity contribution >= 4 is 11.3 Å². The first-order valence-electron chi connectivity index (χ1n) is 9.50. The highest BCUT2D eigenvalue weighted by Gasteiger charge is 2.32. The van der Waals surface area contributed by atoms with Gasteiger partial charge in [-0.25, -0.2) is 4.68 Å². The molecule has 1 atom stereocenters. The lowest BCUT2D eigenvalue weighted by molar-refractivity contribution is 0.174. The molecular weight excluding hydrogens is 384 g/mol. The van der Waals surface area contributed by atoms with Crippen LogP contribution in [0, 0.1) is 0 Å². The number of tetrazole rings is 1. The Balaban J connectivity index is 1.81. The number of hydrogen-bond acceptors (Lipinski definition) is 7. The summed E-state index contributed by atoms with van der Waals surface area (Å²) >= 11 is 1.74. The molecule has 0 amide bonds. The SMILES string of the molecule is CC(C)(C)n1nnnc1C(c1ccncc1)N(Cc1ccco1)Cc1cccs1. The molecule has 4 rings (SSSR count). The summed E-state index contributed by atoms with van der Waals surface area (Å²) in [6.45, 7) is 7.70. The van der Waals surface area contributed by atoms with Crippen molar-refractivity contribution in [2.24, 2.45) is 0 Å². The molecule has 0 radical (unpaired) electrons. The average molecular weight is 409 g/mol. The van der Waals surface area contributed by atoms with E-state index in [2.05, 4.69) is 63.7 Å². The molecule has 0 spiro atoms. The molecule has 4 heterocycles. The molecule has 0 aliphatic carbocycles. The highest BCUT2D eigenvalue weighted by Crippen LogP contribution is 2.32. The standard InChI is InChI=1S/C21H24N6OS/c1-21(2,3)27-20(23-24-25-27)19(16-8-10-22-11-9-16)26(14-17-6-4-12-28-17)15-18-7-5-13-29-18/h4-13,19H,14-15H2,1-3H3. The van der Waals surface area contributed by atoms with E-state index in [1.54, 1.807) is 17.6 Å². The zero-order valence-electron chi connectivity index (χ0n) is 16.8. The summed E-state index contributed by atoms with van der Waals surface area (Å²) < 4.78 is 7.58. The molecule has 150 valence electrons. The minimum absolute atomic E-state index is 0.153. The van der Waals surface area contributed by atoms with Crippen LogP contribution in [-0.4, -0.2) is 30.1 Å². The number of thiophene rings is 1. The number of rotatable bonds is 7. The van der Waals surface area contributed by atoms with E-state index in [9.17, 15) is 0 Å². The van der Waals surface area contributed by atoms with Gasteiger partial charge in [0, 0.05) is 23.8 Å². The Morgan fingerprint density at radius 3 is 2.59 bits per heavy atom. The van der Waals surface area contributed by atoms with E-state index in [-0.39, 0.29) is 11.6 Å². The fourth-order valence-corrected chi connectivity index (χ4v) is 4.08. The summed E-state index contributed by atoms with van der Waals surface area (Å²) in [5, 5.41) is 14.9. The smallest absolute Gasteiger partial charge is 0.173 e. The van der Waals surface area contributed by atoms with Gasteiger partial charge in [-0.05, 0) is 72.5 Å².